The van der Waals surface area contributed by atoms with Crippen LogP contribution in [0, 0.1) is 5.41 Å². The molecule has 0 amide bonds. The van der Waals surface area contributed by atoms with Gasteiger partial charge in [0, 0.05) is 12.0 Å². The monoisotopic (exact) mass is 370 g/mol. The molecule has 0 radical (unpaired) electrons. The third-order valence-corrected chi connectivity index (χ3v) is 7.68. The average molecular weight is 371 g/mol. The highest BCUT2D eigenvalue weighted by molar-refractivity contribution is 8.17. The summed E-state index contributed by atoms with van der Waals surface area (Å²) >= 11 is 4.01. The minimum Gasteiger partial charge on any atom is -0.396 e. The smallest absolute Gasteiger partial charge is 0.0720 e. The van der Waals surface area contributed by atoms with Crippen LogP contribution in [0.3, 0.4) is 0 Å². The quantitative estimate of drug-likeness (QED) is 0.690. The maximum atomic E-state index is 10.5. The Morgan fingerprint density at radius 1 is 1.21 bits per heavy atom. The van der Waals surface area contributed by atoms with Gasteiger partial charge in [0.15, 0.2) is 0 Å². The average Bonchev–Trinajstić information content (AvgIpc) is 2.60. The number of hydrogen-bond acceptors (Lipinski definition) is 5. The largest absolute Gasteiger partial charge is 0.396 e. The fourth-order valence-electron chi connectivity index (χ4n) is 2.91. The number of aliphatic hydroxyl groups excluding tert-OH is 2. The number of hydrogen-bond donors (Lipinski definition) is 2. The first-order valence-electron chi connectivity index (χ1n) is 8.71. The Hall–Kier alpha value is -0.200. The molecular formula is C19H30O3S2. The SMILES string of the molecule is CC(C)([C@H](O)CCO)[C@@H](CC1SCCCS1)OCc1ccccc1. The lowest BCUT2D eigenvalue weighted by atomic mass is 9.78. The Morgan fingerprint density at radius 2 is 1.88 bits per heavy atom. The maximum absolute atomic E-state index is 10.5. The predicted molar refractivity (Wildman–Crippen MR) is 104 cm³/mol. The molecule has 1 fully saturated rings. The summed E-state index contributed by atoms with van der Waals surface area (Å²) in [5.41, 5.74) is 0.759. The van der Waals surface area contributed by atoms with Gasteiger partial charge in [-0.2, -0.15) is 0 Å². The molecule has 1 aromatic rings. The van der Waals surface area contributed by atoms with Crippen LogP contribution < -0.4 is 0 Å². The zero-order chi connectivity index (χ0) is 17.4. The van der Waals surface area contributed by atoms with Gasteiger partial charge in [0.2, 0.25) is 0 Å². The van der Waals surface area contributed by atoms with Gasteiger partial charge in [-0.25, -0.2) is 0 Å². The summed E-state index contributed by atoms with van der Waals surface area (Å²) in [6.45, 7) is 4.67. The zero-order valence-corrected chi connectivity index (χ0v) is 16.3. The molecule has 2 rings (SSSR count). The molecule has 0 aromatic heterocycles. The second kappa shape index (κ2) is 10.1. The van der Waals surface area contributed by atoms with Gasteiger partial charge >= 0.3 is 0 Å². The number of rotatable bonds is 9. The van der Waals surface area contributed by atoms with E-state index in [1.807, 2.05) is 41.7 Å². The number of thioether (sulfide) groups is 2. The fraction of sp³-hybridized carbons (Fsp3) is 0.684. The second-order valence-electron chi connectivity index (χ2n) is 6.90. The molecule has 1 aliphatic rings. The Labute approximate surface area is 154 Å². The lowest BCUT2D eigenvalue weighted by Crippen LogP contribution is -2.43. The molecule has 1 saturated heterocycles. The van der Waals surface area contributed by atoms with Crippen molar-refractivity contribution in [3.63, 3.8) is 0 Å². The summed E-state index contributed by atoms with van der Waals surface area (Å²) in [6, 6.07) is 10.2. The van der Waals surface area contributed by atoms with E-state index in [0.717, 1.165) is 12.0 Å². The first kappa shape index (κ1) is 20.1. The summed E-state index contributed by atoms with van der Waals surface area (Å²) in [7, 11) is 0. The number of benzene rings is 1. The van der Waals surface area contributed by atoms with Crippen LogP contribution in [-0.2, 0) is 11.3 Å². The molecule has 1 aliphatic heterocycles. The molecule has 1 heterocycles. The molecule has 1 aromatic carbocycles. The first-order chi connectivity index (χ1) is 11.5. The highest BCUT2D eigenvalue weighted by Crippen LogP contribution is 2.40. The van der Waals surface area contributed by atoms with E-state index in [9.17, 15) is 10.2 Å². The molecular weight excluding hydrogens is 340 g/mol. The van der Waals surface area contributed by atoms with Crippen molar-refractivity contribution in [2.75, 3.05) is 18.1 Å². The van der Waals surface area contributed by atoms with E-state index in [1.165, 1.54) is 17.9 Å². The Balaban J connectivity index is 2.04. The van der Waals surface area contributed by atoms with Crippen molar-refractivity contribution in [1.82, 2.24) is 0 Å². The van der Waals surface area contributed by atoms with Crippen LogP contribution in [0.4, 0.5) is 0 Å². The Kier molecular flexibility index (Phi) is 8.44. The third kappa shape index (κ3) is 5.95. The van der Waals surface area contributed by atoms with Gasteiger partial charge in [-0.3, -0.25) is 0 Å². The maximum Gasteiger partial charge on any atom is 0.0720 e. The van der Waals surface area contributed by atoms with Crippen LogP contribution in [0.2, 0.25) is 0 Å². The van der Waals surface area contributed by atoms with Gasteiger partial charge in [0.05, 0.1) is 23.4 Å². The molecule has 0 saturated carbocycles. The van der Waals surface area contributed by atoms with Crippen molar-refractivity contribution in [3.05, 3.63) is 35.9 Å². The van der Waals surface area contributed by atoms with Gasteiger partial charge in [0.25, 0.3) is 0 Å². The topological polar surface area (TPSA) is 49.7 Å². The molecule has 2 N–H and O–H groups in total. The summed E-state index contributed by atoms with van der Waals surface area (Å²) in [4.78, 5) is 0. The first-order valence-corrected chi connectivity index (χ1v) is 10.8. The summed E-state index contributed by atoms with van der Waals surface area (Å²) in [5.74, 6) is 2.42. The van der Waals surface area contributed by atoms with Crippen molar-refractivity contribution in [2.24, 2.45) is 5.41 Å². The van der Waals surface area contributed by atoms with Crippen molar-refractivity contribution in [3.8, 4) is 0 Å². The molecule has 5 heteroatoms. The van der Waals surface area contributed by atoms with E-state index in [1.54, 1.807) is 0 Å². The van der Waals surface area contributed by atoms with Gasteiger partial charge in [0.1, 0.15) is 0 Å². The van der Waals surface area contributed by atoms with Gasteiger partial charge in [-0.15, -0.1) is 23.5 Å². The van der Waals surface area contributed by atoms with E-state index in [4.69, 9.17) is 4.74 Å². The van der Waals surface area contributed by atoms with Crippen LogP contribution in [-0.4, -0.2) is 45.1 Å². The van der Waals surface area contributed by atoms with Crippen LogP contribution in [0.1, 0.15) is 38.7 Å². The molecule has 0 bridgehead atoms. The lowest BCUT2D eigenvalue weighted by molar-refractivity contribution is -0.0979. The Bertz CT molecular complexity index is 461. The third-order valence-electron chi connectivity index (χ3n) is 4.69. The fourth-order valence-corrected chi connectivity index (χ4v) is 5.83. The molecule has 136 valence electrons. The number of ether oxygens (including phenoxy) is 1. The summed E-state index contributed by atoms with van der Waals surface area (Å²) < 4.78 is 6.82. The van der Waals surface area contributed by atoms with Gasteiger partial charge < -0.3 is 14.9 Å². The van der Waals surface area contributed by atoms with Crippen LogP contribution in [0.25, 0.3) is 0 Å². The van der Waals surface area contributed by atoms with E-state index in [-0.39, 0.29) is 12.7 Å². The zero-order valence-electron chi connectivity index (χ0n) is 14.7. The Morgan fingerprint density at radius 3 is 2.50 bits per heavy atom. The molecule has 0 unspecified atom stereocenters. The molecule has 0 spiro atoms. The normalized spacial score (nSPS) is 19.2. The molecule has 24 heavy (non-hydrogen) atoms. The van der Waals surface area contributed by atoms with Gasteiger partial charge in [-0.1, -0.05) is 44.2 Å². The molecule has 0 aliphatic carbocycles. The second-order valence-corrected chi connectivity index (χ2v) is 9.81. The summed E-state index contributed by atoms with van der Waals surface area (Å²) in [5, 5.41) is 19.7. The van der Waals surface area contributed by atoms with Crippen LogP contribution in [0.15, 0.2) is 30.3 Å². The lowest BCUT2D eigenvalue weighted by Gasteiger charge is -2.40. The van der Waals surface area contributed by atoms with Crippen molar-refractivity contribution in [2.45, 2.75) is 56.5 Å². The van der Waals surface area contributed by atoms with E-state index >= 15 is 0 Å². The number of aliphatic hydroxyl groups is 2. The van der Waals surface area contributed by atoms with Crippen molar-refractivity contribution in [1.29, 1.82) is 0 Å². The standard InChI is InChI=1S/C19H30O3S2/c1-19(2,16(21)9-10-20)17(13-18-23-11-6-12-24-18)22-14-15-7-4-3-5-8-15/h3-5,7-8,16-18,20-21H,6,9-14H2,1-2H3/t16-,17-/m1/s1. The van der Waals surface area contributed by atoms with Crippen LogP contribution >= 0.6 is 23.5 Å². The minimum atomic E-state index is -0.568. The minimum absolute atomic E-state index is 0.00291. The predicted octanol–water partition coefficient (Wildman–Crippen LogP) is 3.93. The van der Waals surface area contributed by atoms with E-state index in [2.05, 4.69) is 26.0 Å². The van der Waals surface area contributed by atoms with E-state index in [0.29, 0.717) is 17.6 Å². The van der Waals surface area contributed by atoms with Crippen LogP contribution in [0.5, 0.6) is 0 Å². The molecule has 3 nitrogen and oxygen atoms in total. The van der Waals surface area contributed by atoms with Crippen molar-refractivity contribution >= 4 is 23.5 Å². The highest BCUT2D eigenvalue weighted by Gasteiger charge is 2.38. The molecule has 2 atom stereocenters. The van der Waals surface area contributed by atoms with Gasteiger partial charge in [-0.05, 0) is 36.3 Å². The van der Waals surface area contributed by atoms with E-state index < -0.39 is 11.5 Å². The van der Waals surface area contributed by atoms with Crippen molar-refractivity contribution < 1.29 is 14.9 Å². The highest BCUT2D eigenvalue weighted by atomic mass is 32.2. The summed E-state index contributed by atoms with van der Waals surface area (Å²) in [6.07, 6.45) is 1.99.